The average molecular weight is 174 g/mol. The van der Waals surface area contributed by atoms with Crippen LogP contribution in [-0.4, -0.2) is 0 Å². The summed E-state index contributed by atoms with van der Waals surface area (Å²) in [7, 11) is 0. The average Bonchev–Trinajstić information content (AvgIpc) is 2.18. The zero-order valence-electron chi connectivity index (χ0n) is 7.41. The van der Waals surface area contributed by atoms with Gasteiger partial charge >= 0.3 is 0 Å². The normalized spacial score (nSPS) is 10.5. The third-order valence-corrected chi connectivity index (χ3v) is 2.13. The minimum atomic E-state index is 0.0175. The highest BCUT2D eigenvalue weighted by Gasteiger charge is 1.99. The van der Waals surface area contributed by atoms with E-state index in [2.05, 4.69) is 6.92 Å². The second-order valence-corrected chi connectivity index (χ2v) is 2.97. The van der Waals surface area contributed by atoms with Crippen LogP contribution < -0.4 is 5.43 Å². The van der Waals surface area contributed by atoms with Crippen molar-refractivity contribution in [2.75, 3.05) is 0 Å². The largest absolute Gasteiger partial charge is 0.464 e. The summed E-state index contributed by atoms with van der Waals surface area (Å²) >= 11 is 0. The quantitative estimate of drug-likeness (QED) is 0.664. The molecular formula is C11H10O2. The molecular weight excluding hydrogens is 164 g/mol. The molecule has 0 aliphatic heterocycles. The Kier molecular flexibility index (Phi) is 1.89. The molecule has 13 heavy (non-hydrogen) atoms. The van der Waals surface area contributed by atoms with E-state index in [9.17, 15) is 4.79 Å². The molecule has 66 valence electrons. The summed E-state index contributed by atoms with van der Waals surface area (Å²) in [6.07, 6.45) is 2.39. The lowest BCUT2D eigenvalue weighted by Crippen LogP contribution is -1.97. The second kappa shape index (κ2) is 3.05. The van der Waals surface area contributed by atoms with Crippen molar-refractivity contribution in [1.82, 2.24) is 0 Å². The van der Waals surface area contributed by atoms with Gasteiger partial charge in [-0.05, 0) is 24.1 Å². The summed E-state index contributed by atoms with van der Waals surface area (Å²) in [4.78, 5) is 11.3. The van der Waals surface area contributed by atoms with Gasteiger partial charge in [-0.15, -0.1) is 0 Å². The molecule has 2 rings (SSSR count). The van der Waals surface area contributed by atoms with Gasteiger partial charge in [0, 0.05) is 6.07 Å². The standard InChI is InChI=1S/C11H10O2/c1-2-8-3-4-9-10(12)5-6-13-11(9)7-8/h3-7H,2H2,1H3. The van der Waals surface area contributed by atoms with Crippen molar-refractivity contribution in [2.45, 2.75) is 13.3 Å². The molecule has 0 aliphatic carbocycles. The molecule has 2 nitrogen and oxygen atoms in total. The van der Waals surface area contributed by atoms with E-state index >= 15 is 0 Å². The van der Waals surface area contributed by atoms with Crippen LogP contribution in [0.25, 0.3) is 11.0 Å². The van der Waals surface area contributed by atoms with Crippen molar-refractivity contribution in [1.29, 1.82) is 0 Å². The minimum absolute atomic E-state index is 0.0175. The summed E-state index contributed by atoms with van der Waals surface area (Å²) < 4.78 is 5.23. The molecule has 0 spiro atoms. The zero-order valence-corrected chi connectivity index (χ0v) is 7.41. The maximum Gasteiger partial charge on any atom is 0.192 e. The number of benzene rings is 1. The number of hydrogen-bond donors (Lipinski definition) is 0. The predicted molar refractivity (Wildman–Crippen MR) is 51.9 cm³/mol. The Morgan fingerprint density at radius 1 is 1.31 bits per heavy atom. The fourth-order valence-electron chi connectivity index (χ4n) is 1.35. The van der Waals surface area contributed by atoms with Crippen LogP contribution in [0.5, 0.6) is 0 Å². The first-order valence-electron chi connectivity index (χ1n) is 4.31. The Hall–Kier alpha value is -1.57. The van der Waals surface area contributed by atoms with E-state index in [0.29, 0.717) is 11.0 Å². The predicted octanol–water partition coefficient (Wildman–Crippen LogP) is 2.36. The number of fused-ring (bicyclic) bond motifs is 1. The highest BCUT2D eigenvalue weighted by Crippen LogP contribution is 2.12. The zero-order chi connectivity index (χ0) is 9.26. The van der Waals surface area contributed by atoms with Crippen LogP contribution in [0.4, 0.5) is 0 Å². The first-order chi connectivity index (χ1) is 6.31. The van der Waals surface area contributed by atoms with Crippen molar-refractivity contribution in [2.24, 2.45) is 0 Å². The van der Waals surface area contributed by atoms with Gasteiger partial charge in [-0.3, -0.25) is 4.79 Å². The molecule has 0 saturated heterocycles. The van der Waals surface area contributed by atoms with Crippen molar-refractivity contribution < 1.29 is 4.42 Å². The SMILES string of the molecule is CCc1ccc2c(=O)ccoc2c1. The highest BCUT2D eigenvalue weighted by atomic mass is 16.3. The molecule has 0 unspecified atom stereocenters. The van der Waals surface area contributed by atoms with Gasteiger partial charge in [0.15, 0.2) is 5.43 Å². The highest BCUT2D eigenvalue weighted by molar-refractivity contribution is 5.76. The van der Waals surface area contributed by atoms with E-state index in [1.165, 1.54) is 17.9 Å². The molecule has 0 atom stereocenters. The first-order valence-corrected chi connectivity index (χ1v) is 4.31. The van der Waals surface area contributed by atoms with Crippen molar-refractivity contribution in [3.63, 3.8) is 0 Å². The molecule has 2 aromatic rings. The van der Waals surface area contributed by atoms with Crippen LogP contribution in [0.2, 0.25) is 0 Å². The molecule has 0 N–H and O–H groups in total. The number of rotatable bonds is 1. The van der Waals surface area contributed by atoms with Gasteiger partial charge in [-0.1, -0.05) is 13.0 Å². The Labute approximate surface area is 75.8 Å². The van der Waals surface area contributed by atoms with Gasteiger partial charge in [0.1, 0.15) is 5.58 Å². The summed E-state index contributed by atoms with van der Waals surface area (Å²) in [6.45, 7) is 2.07. The third-order valence-electron chi connectivity index (χ3n) is 2.13. The molecule has 0 bridgehead atoms. The molecule has 0 amide bonds. The topological polar surface area (TPSA) is 30.2 Å². The monoisotopic (exact) mass is 174 g/mol. The maximum absolute atomic E-state index is 11.3. The van der Waals surface area contributed by atoms with E-state index in [-0.39, 0.29) is 5.43 Å². The molecule has 1 aromatic carbocycles. The molecule has 1 aromatic heterocycles. The lowest BCUT2D eigenvalue weighted by atomic mass is 10.1. The lowest BCUT2D eigenvalue weighted by Gasteiger charge is -1.98. The molecule has 0 saturated carbocycles. The summed E-state index contributed by atoms with van der Waals surface area (Å²) in [5.74, 6) is 0. The Morgan fingerprint density at radius 2 is 2.15 bits per heavy atom. The van der Waals surface area contributed by atoms with Crippen molar-refractivity contribution in [3.8, 4) is 0 Å². The molecule has 0 fully saturated rings. The Bertz CT molecular complexity index is 483. The van der Waals surface area contributed by atoms with E-state index in [1.54, 1.807) is 0 Å². The first kappa shape index (κ1) is 8.05. The number of hydrogen-bond acceptors (Lipinski definition) is 2. The minimum Gasteiger partial charge on any atom is -0.464 e. The van der Waals surface area contributed by atoms with Crippen molar-refractivity contribution in [3.05, 3.63) is 46.3 Å². The Morgan fingerprint density at radius 3 is 2.92 bits per heavy atom. The smallest absolute Gasteiger partial charge is 0.192 e. The van der Waals surface area contributed by atoms with Crippen LogP contribution in [0, 0.1) is 0 Å². The van der Waals surface area contributed by atoms with Gasteiger partial charge in [0.25, 0.3) is 0 Å². The van der Waals surface area contributed by atoms with Gasteiger partial charge in [-0.2, -0.15) is 0 Å². The molecule has 2 heteroatoms. The van der Waals surface area contributed by atoms with Crippen LogP contribution >= 0.6 is 0 Å². The summed E-state index contributed by atoms with van der Waals surface area (Å²) in [5.41, 5.74) is 1.87. The number of aryl methyl sites for hydroxylation is 1. The van der Waals surface area contributed by atoms with Gasteiger partial charge in [0.2, 0.25) is 0 Å². The lowest BCUT2D eigenvalue weighted by molar-refractivity contribution is 0.602. The van der Waals surface area contributed by atoms with E-state index < -0.39 is 0 Å². The van der Waals surface area contributed by atoms with Gasteiger partial charge in [-0.25, -0.2) is 0 Å². The molecule has 0 radical (unpaired) electrons. The molecule has 1 heterocycles. The van der Waals surface area contributed by atoms with E-state index in [1.807, 2.05) is 18.2 Å². The van der Waals surface area contributed by atoms with Gasteiger partial charge in [0.05, 0.1) is 11.6 Å². The van der Waals surface area contributed by atoms with E-state index in [0.717, 1.165) is 6.42 Å². The third kappa shape index (κ3) is 1.35. The van der Waals surface area contributed by atoms with E-state index in [4.69, 9.17) is 4.42 Å². The van der Waals surface area contributed by atoms with Gasteiger partial charge < -0.3 is 4.42 Å². The van der Waals surface area contributed by atoms with Crippen LogP contribution in [0.1, 0.15) is 12.5 Å². The van der Waals surface area contributed by atoms with Crippen LogP contribution in [-0.2, 0) is 6.42 Å². The molecule has 0 aliphatic rings. The summed E-state index contributed by atoms with van der Waals surface area (Å²) in [6, 6.07) is 7.13. The Balaban J connectivity index is 2.80. The fraction of sp³-hybridized carbons (Fsp3) is 0.182. The van der Waals surface area contributed by atoms with Crippen molar-refractivity contribution >= 4 is 11.0 Å². The summed E-state index contributed by atoms with van der Waals surface area (Å²) in [5, 5.41) is 0.653. The fourth-order valence-corrected chi connectivity index (χ4v) is 1.35. The van der Waals surface area contributed by atoms with Crippen LogP contribution in [0.3, 0.4) is 0 Å². The van der Waals surface area contributed by atoms with Crippen LogP contribution in [0.15, 0.2) is 39.7 Å². The maximum atomic E-state index is 11.3. The second-order valence-electron chi connectivity index (χ2n) is 2.97.